The van der Waals surface area contributed by atoms with Gasteiger partial charge in [-0.2, -0.15) is 0 Å². The summed E-state index contributed by atoms with van der Waals surface area (Å²) in [5, 5.41) is 24.2. The first-order valence-electron chi connectivity index (χ1n) is 6.19. The molecule has 0 fully saturated rings. The van der Waals surface area contributed by atoms with E-state index in [4.69, 9.17) is 10.9 Å². The van der Waals surface area contributed by atoms with Crippen LogP contribution < -0.4 is 11.1 Å². The molecule has 0 heterocycles. The van der Waals surface area contributed by atoms with Gasteiger partial charge in [0.2, 0.25) is 0 Å². The zero-order valence-electron chi connectivity index (χ0n) is 11.4. The summed E-state index contributed by atoms with van der Waals surface area (Å²) >= 11 is 3.15. The van der Waals surface area contributed by atoms with E-state index in [9.17, 15) is 9.90 Å². The van der Waals surface area contributed by atoms with Crippen LogP contribution in [0.2, 0.25) is 0 Å². The summed E-state index contributed by atoms with van der Waals surface area (Å²) in [5.41, 5.74) is 5.07. The van der Waals surface area contributed by atoms with Gasteiger partial charge in [0, 0.05) is 5.56 Å². The monoisotopic (exact) mass is 343 g/mol. The SMILES string of the molecule is CCC(CC)(NC(=O)c1ccc(Br)c(O)c1)/C(N)=N/O. The predicted octanol–water partition coefficient (Wildman–Crippen LogP) is 2.19. The van der Waals surface area contributed by atoms with Crippen LogP contribution in [0.15, 0.2) is 27.8 Å². The van der Waals surface area contributed by atoms with E-state index >= 15 is 0 Å². The van der Waals surface area contributed by atoms with Crippen molar-refractivity contribution in [1.29, 1.82) is 0 Å². The van der Waals surface area contributed by atoms with E-state index in [1.54, 1.807) is 12.1 Å². The Morgan fingerprint density at radius 1 is 1.45 bits per heavy atom. The van der Waals surface area contributed by atoms with E-state index in [1.165, 1.54) is 6.07 Å². The molecule has 110 valence electrons. The third-order valence-corrected chi connectivity index (χ3v) is 4.04. The molecule has 1 amide bonds. The molecule has 0 radical (unpaired) electrons. The molecular formula is C13H18BrN3O3. The van der Waals surface area contributed by atoms with E-state index < -0.39 is 11.4 Å². The second-order valence-electron chi connectivity index (χ2n) is 4.39. The van der Waals surface area contributed by atoms with Crippen LogP contribution in [-0.4, -0.2) is 27.6 Å². The lowest BCUT2D eigenvalue weighted by Crippen LogP contribution is -2.56. The molecule has 1 aromatic carbocycles. The number of nitrogens with one attached hydrogen (secondary N) is 1. The third-order valence-electron chi connectivity index (χ3n) is 3.37. The Morgan fingerprint density at radius 2 is 2.05 bits per heavy atom. The molecule has 6 nitrogen and oxygen atoms in total. The Balaban J connectivity index is 3.05. The van der Waals surface area contributed by atoms with Crippen molar-refractivity contribution in [3.8, 4) is 5.75 Å². The van der Waals surface area contributed by atoms with Gasteiger partial charge in [-0.1, -0.05) is 19.0 Å². The highest BCUT2D eigenvalue weighted by molar-refractivity contribution is 9.10. The summed E-state index contributed by atoms with van der Waals surface area (Å²) in [5.74, 6) is -0.472. The van der Waals surface area contributed by atoms with Gasteiger partial charge in [-0.15, -0.1) is 0 Å². The first kappa shape index (κ1) is 16.3. The number of aromatic hydroxyl groups is 1. The van der Waals surface area contributed by atoms with Gasteiger partial charge in [-0.05, 0) is 47.0 Å². The molecule has 20 heavy (non-hydrogen) atoms. The maximum atomic E-state index is 12.2. The van der Waals surface area contributed by atoms with Crippen molar-refractivity contribution in [2.24, 2.45) is 10.9 Å². The Labute approximate surface area is 125 Å². The van der Waals surface area contributed by atoms with Crippen molar-refractivity contribution >= 4 is 27.7 Å². The van der Waals surface area contributed by atoms with Crippen molar-refractivity contribution in [3.05, 3.63) is 28.2 Å². The summed E-state index contributed by atoms with van der Waals surface area (Å²) in [4.78, 5) is 12.2. The van der Waals surface area contributed by atoms with Gasteiger partial charge in [0.25, 0.3) is 5.91 Å². The fourth-order valence-corrected chi connectivity index (χ4v) is 2.14. The molecule has 5 N–H and O–H groups in total. The molecule has 0 spiro atoms. The molecule has 0 aromatic heterocycles. The zero-order chi connectivity index (χ0) is 15.3. The maximum Gasteiger partial charge on any atom is 0.252 e. The van der Waals surface area contributed by atoms with Crippen LogP contribution in [0.5, 0.6) is 5.75 Å². The Bertz CT molecular complexity index is 528. The molecule has 1 rings (SSSR count). The number of nitrogens with zero attached hydrogens (tertiary/aromatic N) is 1. The highest BCUT2D eigenvalue weighted by Crippen LogP contribution is 2.25. The van der Waals surface area contributed by atoms with E-state index in [0.29, 0.717) is 22.9 Å². The number of amides is 1. The molecular weight excluding hydrogens is 326 g/mol. The van der Waals surface area contributed by atoms with Crippen LogP contribution in [0, 0.1) is 0 Å². The molecule has 0 saturated heterocycles. The Hall–Kier alpha value is -1.76. The average Bonchev–Trinajstić information content (AvgIpc) is 2.46. The van der Waals surface area contributed by atoms with Gasteiger partial charge < -0.3 is 21.4 Å². The number of carbonyl (C=O) groups excluding carboxylic acids is 1. The number of benzene rings is 1. The molecule has 0 bridgehead atoms. The average molecular weight is 344 g/mol. The number of rotatable bonds is 5. The summed E-state index contributed by atoms with van der Waals surface area (Å²) in [6.07, 6.45) is 0.960. The first-order chi connectivity index (χ1) is 9.40. The smallest absolute Gasteiger partial charge is 0.252 e. The minimum atomic E-state index is -0.908. The number of nitrogens with two attached hydrogens (primary N) is 1. The second kappa shape index (κ2) is 6.60. The fraction of sp³-hybridized carbons (Fsp3) is 0.385. The van der Waals surface area contributed by atoms with Crippen LogP contribution in [0.1, 0.15) is 37.0 Å². The number of phenols is 1. The quantitative estimate of drug-likeness (QED) is 0.284. The topological polar surface area (TPSA) is 108 Å². The summed E-state index contributed by atoms with van der Waals surface area (Å²) < 4.78 is 0.503. The third kappa shape index (κ3) is 3.22. The second-order valence-corrected chi connectivity index (χ2v) is 5.25. The van der Waals surface area contributed by atoms with Gasteiger partial charge in [-0.3, -0.25) is 4.79 Å². The van der Waals surface area contributed by atoms with Crippen LogP contribution >= 0.6 is 15.9 Å². The highest BCUT2D eigenvalue weighted by Gasteiger charge is 2.33. The predicted molar refractivity (Wildman–Crippen MR) is 80.0 cm³/mol. The van der Waals surface area contributed by atoms with Gasteiger partial charge in [0.1, 0.15) is 11.3 Å². The van der Waals surface area contributed by atoms with Crippen LogP contribution in [0.3, 0.4) is 0 Å². The molecule has 0 aliphatic heterocycles. The number of hydrogen-bond donors (Lipinski definition) is 4. The largest absolute Gasteiger partial charge is 0.507 e. The van der Waals surface area contributed by atoms with E-state index in [1.807, 2.05) is 13.8 Å². The lowest BCUT2D eigenvalue weighted by Gasteiger charge is -2.31. The van der Waals surface area contributed by atoms with Gasteiger partial charge in [0.15, 0.2) is 5.84 Å². The molecule has 7 heteroatoms. The molecule has 0 aliphatic carbocycles. The van der Waals surface area contributed by atoms with Crippen molar-refractivity contribution in [3.63, 3.8) is 0 Å². The van der Waals surface area contributed by atoms with E-state index in [2.05, 4.69) is 26.4 Å². The van der Waals surface area contributed by atoms with Crippen LogP contribution in [-0.2, 0) is 0 Å². The molecule has 0 unspecified atom stereocenters. The number of amidine groups is 1. The normalized spacial score (nSPS) is 12.2. The molecule has 1 aromatic rings. The Morgan fingerprint density at radius 3 is 2.50 bits per heavy atom. The minimum Gasteiger partial charge on any atom is -0.507 e. The van der Waals surface area contributed by atoms with Gasteiger partial charge >= 0.3 is 0 Å². The number of hydrogen-bond acceptors (Lipinski definition) is 4. The zero-order valence-corrected chi connectivity index (χ0v) is 12.9. The lowest BCUT2D eigenvalue weighted by molar-refractivity contribution is 0.0917. The molecule has 0 saturated carbocycles. The Kier molecular flexibility index (Phi) is 5.38. The first-order valence-corrected chi connectivity index (χ1v) is 6.98. The molecule has 0 atom stereocenters. The number of oxime groups is 1. The van der Waals surface area contributed by atoms with E-state index in [0.717, 1.165) is 0 Å². The fourth-order valence-electron chi connectivity index (χ4n) is 1.89. The minimum absolute atomic E-state index is 0.0277. The maximum absolute atomic E-state index is 12.2. The van der Waals surface area contributed by atoms with Crippen molar-refractivity contribution in [2.45, 2.75) is 32.2 Å². The van der Waals surface area contributed by atoms with Gasteiger partial charge in [0.05, 0.1) is 4.47 Å². The van der Waals surface area contributed by atoms with Crippen LogP contribution in [0.4, 0.5) is 0 Å². The standard InChI is InChI=1S/C13H18BrN3O3/c1-3-13(4-2,12(15)17-20)16-11(19)8-5-6-9(14)10(18)7-8/h5-7,18,20H,3-4H2,1-2H3,(H2,15,17)(H,16,19). The summed E-state index contributed by atoms with van der Waals surface area (Å²) in [6.45, 7) is 3.67. The van der Waals surface area contributed by atoms with Crippen molar-refractivity contribution < 1.29 is 15.1 Å². The molecule has 0 aliphatic rings. The lowest BCUT2D eigenvalue weighted by atomic mass is 9.91. The number of phenolic OH excluding ortho intramolecular Hbond substituents is 1. The van der Waals surface area contributed by atoms with Gasteiger partial charge in [-0.25, -0.2) is 0 Å². The van der Waals surface area contributed by atoms with Crippen molar-refractivity contribution in [2.75, 3.05) is 0 Å². The van der Waals surface area contributed by atoms with Crippen molar-refractivity contribution in [1.82, 2.24) is 5.32 Å². The number of halogens is 1. The summed E-state index contributed by atoms with van der Waals surface area (Å²) in [6, 6.07) is 4.50. The van der Waals surface area contributed by atoms with Crippen LogP contribution in [0.25, 0.3) is 0 Å². The summed E-state index contributed by atoms with van der Waals surface area (Å²) in [7, 11) is 0. The van der Waals surface area contributed by atoms with E-state index in [-0.39, 0.29) is 11.6 Å². The number of carbonyl (C=O) groups is 1. The highest BCUT2D eigenvalue weighted by atomic mass is 79.9.